The minimum absolute atomic E-state index is 0.320. The Balaban J connectivity index is 2.00. The molecule has 0 bridgehead atoms. The number of aryl methyl sites for hydroxylation is 1. The number of carbonyl (C=O) groups excluding carboxylic acids is 1. The molecule has 1 heterocycles. The van der Waals surface area contributed by atoms with Crippen molar-refractivity contribution < 1.29 is 18.4 Å². The molecule has 2 rings (SSSR count). The molecule has 1 unspecified atom stereocenters. The highest BCUT2D eigenvalue weighted by molar-refractivity contribution is 9.10. The summed E-state index contributed by atoms with van der Waals surface area (Å²) in [6.07, 6.45) is -0.770. The molecule has 0 spiro atoms. The summed E-state index contributed by atoms with van der Waals surface area (Å²) in [5, 5.41) is 6.21. The van der Waals surface area contributed by atoms with Gasteiger partial charge in [0.15, 0.2) is 11.9 Å². The smallest absolute Gasteiger partial charge is 0.266 e. The first kappa shape index (κ1) is 14.5. The summed E-state index contributed by atoms with van der Waals surface area (Å²) < 4.78 is 23.7. The zero-order valence-electron chi connectivity index (χ0n) is 10.8. The molecule has 5 nitrogen and oxygen atoms in total. The van der Waals surface area contributed by atoms with Crippen molar-refractivity contribution in [3.63, 3.8) is 0 Å². The first-order chi connectivity index (χ1) is 9.45. The van der Waals surface area contributed by atoms with E-state index in [9.17, 15) is 9.18 Å². The molecule has 0 fully saturated rings. The number of rotatable bonds is 4. The van der Waals surface area contributed by atoms with Gasteiger partial charge < -0.3 is 14.6 Å². The second-order valence-electron chi connectivity index (χ2n) is 4.15. The Bertz CT molecular complexity index is 630. The lowest BCUT2D eigenvalue weighted by Gasteiger charge is -2.14. The van der Waals surface area contributed by atoms with Crippen molar-refractivity contribution in [3.05, 3.63) is 40.3 Å². The number of carbonyl (C=O) groups is 1. The molecular formula is C13H12BrFN2O3. The van der Waals surface area contributed by atoms with Gasteiger partial charge in [0.05, 0.1) is 4.47 Å². The van der Waals surface area contributed by atoms with E-state index in [1.54, 1.807) is 19.9 Å². The van der Waals surface area contributed by atoms with Crippen LogP contribution in [-0.2, 0) is 4.79 Å². The third-order valence-electron chi connectivity index (χ3n) is 2.45. The predicted molar refractivity (Wildman–Crippen MR) is 74.1 cm³/mol. The van der Waals surface area contributed by atoms with Gasteiger partial charge in [0.2, 0.25) is 0 Å². The molecule has 1 amide bonds. The number of hydrogen-bond acceptors (Lipinski definition) is 4. The van der Waals surface area contributed by atoms with E-state index >= 15 is 0 Å². The van der Waals surface area contributed by atoms with E-state index in [1.807, 2.05) is 0 Å². The summed E-state index contributed by atoms with van der Waals surface area (Å²) in [5.74, 6) is 0.524. The monoisotopic (exact) mass is 342 g/mol. The molecule has 0 saturated heterocycles. The molecule has 2 aromatic rings. The lowest BCUT2D eigenvalue weighted by Crippen LogP contribution is -2.30. The SMILES string of the molecule is Cc1cc(NC(=O)C(C)Oc2ccc(F)cc2Br)no1. The van der Waals surface area contributed by atoms with Crippen molar-refractivity contribution in [1.29, 1.82) is 0 Å². The maximum absolute atomic E-state index is 12.9. The van der Waals surface area contributed by atoms with Crippen LogP contribution in [0.3, 0.4) is 0 Å². The Morgan fingerprint density at radius 1 is 1.50 bits per heavy atom. The minimum Gasteiger partial charge on any atom is -0.480 e. The molecule has 1 aromatic heterocycles. The highest BCUT2D eigenvalue weighted by Gasteiger charge is 2.17. The molecule has 106 valence electrons. The van der Waals surface area contributed by atoms with Gasteiger partial charge in [-0.05, 0) is 48.0 Å². The Hall–Kier alpha value is -1.89. The Labute approximate surface area is 123 Å². The largest absolute Gasteiger partial charge is 0.480 e. The Morgan fingerprint density at radius 3 is 2.85 bits per heavy atom. The normalized spacial score (nSPS) is 12.0. The highest BCUT2D eigenvalue weighted by Crippen LogP contribution is 2.26. The summed E-state index contributed by atoms with van der Waals surface area (Å²) in [6.45, 7) is 3.30. The summed E-state index contributed by atoms with van der Waals surface area (Å²) in [7, 11) is 0. The van der Waals surface area contributed by atoms with Crippen molar-refractivity contribution in [2.45, 2.75) is 20.0 Å². The fourth-order valence-corrected chi connectivity index (χ4v) is 1.91. The number of ether oxygens (including phenoxy) is 1. The molecule has 0 saturated carbocycles. The number of anilines is 1. The first-order valence-corrected chi connectivity index (χ1v) is 6.61. The average molecular weight is 343 g/mol. The van der Waals surface area contributed by atoms with Gasteiger partial charge in [0, 0.05) is 6.07 Å². The van der Waals surface area contributed by atoms with E-state index in [4.69, 9.17) is 9.26 Å². The molecule has 0 radical (unpaired) electrons. The zero-order valence-corrected chi connectivity index (χ0v) is 12.4. The summed E-state index contributed by atoms with van der Waals surface area (Å²) in [5.41, 5.74) is 0. The lowest BCUT2D eigenvalue weighted by molar-refractivity contribution is -0.122. The van der Waals surface area contributed by atoms with Crippen molar-refractivity contribution in [1.82, 2.24) is 5.16 Å². The molecule has 7 heteroatoms. The van der Waals surface area contributed by atoms with Crippen LogP contribution >= 0.6 is 15.9 Å². The van der Waals surface area contributed by atoms with Gasteiger partial charge in [-0.25, -0.2) is 4.39 Å². The van der Waals surface area contributed by atoms with Gasteiger partial charge in [-0.15, -0.1) is 0 Å². The summed E-state index contributed by atoms with van der Waals surface area (Å²) in [4.78, 5) is 11.9. The topological polar surface area (TPSA) is 64.4 Å². The maximum Gasteiger partial charge on any atom is 0.266 e. The van der Waals surface area contributed by atoms with Crippen LogP contribution in [0.15, 0.2) is 33.3 Å². The molecular weight excluding hydrogens is 331 g/mol. The van der Waals surface area contributed by atoms with Gasteiger partial charge in [-0.2, -0.15) is 0 Å². The second kappa shape index (κ2) is 6.04. The van der Waals surface area contributed by atoms with E-state index in [-0.39, 0.29) is 11.7 Å². The van der Waals surface area contributed by atoms with Crippen molar-refractivity contribution >= 4 is 27.7 Å². The number of nitrogens with one attached hydrogen (secondary N) is 1. The molecule has 0 aliphatic carbocycles. The molecule has 1 atom stereocenters. The molecule has 20 heavy (non-hydrogen) atoms. The van der Waals surface area contributed by atoms with Crippen molar-refractivity contribution in [2.75, 3.05) is 5.32 Å². The third-order valence-corrected chi connectivity index (χ3v) is 3.07. The fourth-order valence-electron chi connectivity index (χ4n) is 1.47. The van der Waals surface area contributed by atoms with Crippen LogP contribution in [0.25, 0.3) is 0 Å². The predicted octanol–water partition coefficient (Wildman–Crippen LogP) is 3.29. The van der Waals surface area contributed by atoms with Gasteiger partial charge >= 0.3 is 0 Å². The second-order valence-corrected chi connectivity index (χ2v) is 5.00. The number of nitrogens with zero attached hydrogens (tertiary/aromatic N) is 1. The van der Waals surface area contributed by atoms with Gasteiger partial charge in [0.1, 0.15) is 17.3 Å². The number of aromatic nitrogens is 1. The average Bonchev–Trinajstić information content (AvgIpc) is 2.78. The number of hydrogen-bond donors (Lipinski definition) is 1. The Morgan fingerprint density at radius 2 is 2.25 bits per heavy atom. The van der Waals surface area contributed by atoms with Crippen LogP contribution in [0.2, 0.25) is 0 Å². The molecule has 0 aliphatic rings. The third kappa shape index (κ3) is 3.57. The van der Waals surface area contributed by atoms with Crippen LogP contribution in [0.4, 0.5) is 10.2 Å². The number of halogens is 2. The Kier molecular flexibility index (Phi) is 4.39. The fraction of sp³-hybridized carbons (Fsp3) is 0.231. The van der Waals surface area contributed by atoms with E-state index in [2.05, 4.69) is 26.4 Å². The van der Waals surface area contributed by atoms with Gasteiger partial charge in [-0.1, -0.05) is 5.16 Å². The molecule has 1 aromatic carbocycles. The molecule has 1 N–H and O–H groups in total. The first-order valence-electron chi connectivity index (χ1n) is 5.81. The zero-order chi connectivity index (χ0) is 14.7. The quantitative estimate of drug-likeness (QED) is 0.925. The van der Waals surface area contributed by atoms with Crippen LogP contribution in [0, 0.1) is 12.7 Å². The van der Waals surface area contributed by atoms with E-state index in [0.717, 1.165) is 0 Å². The maximum atomic E-state index is 12.9. The summed E-state index contributed by atoms with van der Waals surface area (Å²) >= 11 is 3.17. The van der Waals surface area contributed by atoms with Crippen molar-refractivity contribution in [2.24, 2.45) is 0 Å². The van der Waals surface area contributed by atoms with Gasteiger partial charge in [-0.3, -0.25) is 4.79 Å². The number of benzene rings is 1. The number of amides is 1. The van der Waals surface area contributed by atoms with Crippen molar-refractivity contribution in [3.8, 4) is 5.75 Å². The summed E-state index contributed by atoms with van der Waals surface area (Å²) in [6, 6.07) is 5.56. The van der Waals surface area contributed by atoms with Gasteiger partial charge in [0.25, 0.3) is 5.91 Å². The standard InChI is InChI=1S/C13H12BrFN2O3/c1-7-5-12(17-20-7)16-13(18)8(2)19-11-4-3-9(15)6-10(11)14/h3-6,8H,1-2H3,(H,16,17,18). The van der Waals surface area contributed by atoms with Crippen LogP contribution in [0.5, 0.6) is 5.75 Å². The highest BCUT2D eigenvalue weighted by atomic mass is 79.9. The van der Waals surface area contributed by atoms with Crippen LogP contribution in [0.1, 0.15) is 12.7 Å². The van der Waals surface area contributed by atoms with E-state index in [0.29, 0.717) is 21.8 Å². The van der Waals surface area contributed by atoms with E-state index in [1.165, 1.54) is 18.2 Å². The molecule has 0 aliphatic heterocycles. The van der Waals surface area contributed by atoms with Crippen LogP contribution < -0.4 is 10.1 Å². The van der Waals surface area contributed by atoms with Crippen LogP contribution in [-0.4, -0.2) is 17.2 Å². The van der Waals surface area contributed by atoms with E-state index < -0.39 is 6.10 Å². The lowest BCUT2D eigenvalue weighted by atomic mass is 10.3. The minimum atomic E-state index is -0.770.